The third-order valence-electron chi connectivity index (χ3n) is 2.36. The normalized spacial score (nSPS) is 11.7. The van der Waals surface area contributed by atoms with E-state index in [0.29, 0.717) is 10.8 Å². The molecule has 1 atom stereocenters. The molecular formula is C12H13ClO5. The van der Waals surface area contributed by atoms with Crippen LogP contribution in [-0.2, 0) is 9.59 Å². The Morgan fingerprint density at radius 2 is 2.11 bits per heavy atom. The first-order chi connectivity index (χ1) is 8.45. The number of carboxylic acid groups (broad SMARTS) is 1. The number of benzene rings is 1. The highest BCUT2D eigenvalue weighted by molar-refractivity contribution is 6.32. The van der Waals surface area contributed by atoms with E-state index >= 15 is 0 Å². The van der Waals surface area contributed by atoms with Crippen LogP contribution in [0.4, 0.5) is 0 Å². The van der Waals surface area contributed by atoms with Crippen LogP contribution in [0.5, 0.6) is 11.5 Å². The lowest BCUT2D eigenvalue weighted by molar-refractivity contribution is -0.146. The highest BCUT2D eigenvalue weighted by Crippen LogP contribution is 2.28. The first kappa shape index (κ1) is 14.3. The lowest BCUT2D eigenvalue weighted by Crippen LogP contribution is -2.25. The SMILES string of the molecule is COc1ccc(Cl)c(OCC(=O)C(C)C(=O)O)c1. The van der Waals surface area contributed by atoms with Crippen LogP contribution >= 0.6 is 11.6 Å². The molecule has 0 aliphatic rings. The fourth-order valence-electron chi connectivity index (χ4n) is 1.13. The molecule has 0 saturated heterocycles. The van der Waals surface area contributed by atoms with Gasteiger partial charge in [0.25, 0.3) is 0 Å². The zero-order valence-corrected chi connectivity index (χ0v) is 10.7. The van der Waals surface area contributed by atoms with Crippen molar-refractivity contribution in [1.29, 1.82) is 0 Å². The van der Waals surface area contributed by atoms with Crippen molar-refractivity contribution in [3.8, 4) is 11.5 Å². The van der Waals surface area contributed by atoms with Crippen LogP contribution in [0.3, 0.4) is 0 Å². The summed E-state index contributed by atoms with van der Waals surface area (Å²) in [6, 6.07) is 4.75. The Balaban J connectivity index is 2.68. The average molecular weight is 273 g/mol. The van der Waals surface area contributed by atoms with Crippen LogP contribution in [-0.4, -0.2) is 30.6 Å². The van der Waals surface area contributed by atoms with Crippen LogP contribution in [0.1, 0.15) is 6.92 Å². The van der Waals surface area contributed by atoms with Gasteiger partial charge in [-0.3, -0.25) is 9.59 Å². The number of carboxylic acids is 1. The molecule has 0 saturated carbocycles. The standard InChI is InChI=1S/C12H13ClO5/c1-7(12(15)16)10(14)6-18-11-5-8(17-2)3-4-9(11)13/h3-5,7H,6H2,1-2H3,(H,15,16). The third-order valence-corrected chi connectivity index (χ3v) is 2.67. The van der Waals surface area contributed by atoms with Gasteiger partial charge in [0.1, 0.15) is 24.0 Å². The molecule has 1 N–H and O–H groups in total. The van der Waals surface area contributed by atoms with Gasteiger partial charge >= 0.3 is 5.97 Å². The summed E-state index contributed by atoms with van der Waals surface area (Å²) in [5.74, 6) is -1.99. The smallest absolute Gasteiger partial charge is 0.313 e. The number of ether oxygens (including phenoxy) is 2. The highest BCUT2D eigenvalue weighted by atomic mass is 35.5. The van der Waals surface area contributed by atoms with Crippen molar-refractivity contribution in [2.75, 3.05) is 13.7 Å². The van der Waals surface area contributed by atoms with Crippen molar-refractivity contribution in [3.05, 3.63) is 23.2 Å². The zero-order valence-electron chi connectivity index (χ0n) is 9.97. The van der Waals surface area contributed by atoms with Crippen molar-refractivity contribution >= 4 is 23.4 Å². The van der Waals surface area contributed by atoms with Crippen molar-refractivity contribution < 1.29 is 24.2 Å². The predicted molar refractivity (Wildman–Crippen MR) is 65.3 cm³/mol. The number of hydrogen-bond donors (Lipinski definition) is 1. The van der Waals surface area contributed by atoms with Gasteiger partial charge in [0.2, 0.25) is 0 Å². The molecule has 18 heavy (non-hydrogen) atoms. The van der Waals surface area contributed by atoms with Crippen LogP contribution in [0.2, 0.25) is 5.02 Å². The first-order valence-corrected chi connectivity index (χ1v) is 5.55. The topological polar surface area (TPSA) is 72.8 Å². The minimum Gasteiger partial charge on any atom is -0.497 e. The van der Waals surface area contributed by atoms with Crippen molar-refractivity contribution in [3.63, 3.8) is 0 Å². The van der Waals surface area contributed by atoms with Gasteiger partial charge < -0.3 is 14.6 Å². The second-order valence-electron chi connectivity index (χ2n) is 3.61. The number of rotatable bonds is 6. The van der Waals surface area contributed by atoms with E-state index in [1.165, 1.54) is 20.1 Å². The van der Waals surface area contributed by atoms with Gasteiger partial charge in [0.15, 0.2) is 5.78 Å². The molecule has 98 valence electrons. The van der Waals surface area contributed by atoms with Crippen LogP contribution in [0, 0.1) is 5.92 Å². The van der Waals surface area contributed by atoms with Gasteiger partial charge in [-0.2, -0.15) is 0 Å². The van der Waals surface area contributed by atoms with Gasteiger partial charge in [-0.05, 0) is 19.1 Å². The lowest BCUT2D eigenvalue weighted by atomic mass is 10.1. The van der Waals surface area contributed by atoms with Crippen molar-refractivity contribution in [2.24, 2.45) is 5.92 Å². The van der Waals surface area contributed by atoms with Gasteiger partial charge in [-0.15, -0.1) is 0 Å². The number of halogens is 1. The molecule has 1 aromatic rings. The Labute approximate surface area is 109 Å². The predicted octanol–water partition coefficient (Wildman–Crippen LogP) is 2.02. The second kappa shape index (κ2) is 6.26. The Bertz CT molecular complexity index is 458. The molecule has 0 spiro atoms. The largest absolute Gasteiger partial charge is 0.497 e. The summed E-state index contributed by atoms with van der Waals surface area (Å²) in [6.07, 6.45) is 0. The van der Waals surface area contributed by atoms with Crippen LogP contribution in [0.15, 0.2) is 18.2 Å². The molecular weight excluding hydrogens is 260 g/mol. The Hall–Kier alpha value is -1.75. The molecule has 1 rings (SSSR count). The zero-order chi connectivity index (χ0) is 13.7. The maximum absolute atomic E-state index is 11.4. The molecule has 0 radical (unpaired) electrons. The number of carbonyl (C=O) groups excluding carboxylic acids is 1. The van der Waals surface area contributed by atoms with Crippen LogP contribution in [0.25, 0.3) is 0 Å². The summed E-state index contributed by atoms with van der Waals surface area (Å²) in [6.45, 7) is 0.960. The summed E-state index contributed by atoms with van der Waals surface area (Å²) in [7, 11) is 1.49. The monoisotopic (exact) mass is 272 g/mol. The molecule has 0 aliphatic heterocycles. The van der Waals surface area contributed by atoms with E-state index in [9.17, 15) is 9.59 Å². The quantitative estimate of drug-likeness (QED) is 0.802. The molecule has 1 aromatic carbocycles. The molecule has 6 heteroatoms. The second-order valence-corrected chi connectivity index (χ2v) is 4.02. The maximum Gasteiger partial charge on any atom is 0.313 e. The van der Waals surface area contributed by atoms with Crippen molar-refractivity contribution in [1.82, 2.24) is 0 Å². The van der Waals surface area contributed by atoms with E-state index in [1.807, 2.05) is 0 Å². The number of hydrogen-bond acceptors (Lipinski definition) is 4. The summed E-state index contributed by atoms with van der Waals surface area (Å²) < 4.78 is 10.2. The van der Waals surface area contributed by atoms with E-state index < -0.39 is 17.7 Å². The number of carbonyl (C=O) groups is 2. The number of Topliss-reactive ketones (excluding diaryl/α,β-unsaturated/α-hetero) is 1. The van der Waals surface area contributed by atoms with Gasteiger partial charge in [-0.25, -0.2) is 0 Å². The fraction of sp³-hybridized carbons (Fsp3) is 0.333. The van der Waals surface area contributed by atoms with Crippen molar-refractivity contribution in [2.45, 2.75) is 6.92 Å². The molecule has 1 unspecified atom stereocenters. The molecule has 0 aromatic heterocycles. The van der Waals surface area contributed by atoms with E-state index in [1.54, 1.807) is 12.1 Å². The summed E-state index contributed by atoms with van der Waals surface area (Å²) >= 11 is 5.87. The molecule has 0 fully saturated rings. The van der Waals surface area contributed by atoms with E-state index in [2.05, 4.69) is 0 Å². The van der Waals surface area contributed by atoms with E-state index in [0.717, 1.165) is 0 Å². The summed E-state index contributed by atoms with van der Waals surface area (Å²) in [4.78, 5) is 22.0. The maximum atomic E-state index is 11.4. The van der Waals surface area contributed by atoms with E-state index in [-0.39, 0.29) is 12.4 Å². The summed E-state index contributed by atoms with van der Waals surface area (Å²) in [5.41, 5.74) is 0. The minimum absolute atomic E-state index is 0.280. The average Bonchev–Trinajstić information content (AvgIpc) is 2.36. The van der Waals surface area contributed by atoms with Gasteiger partial charge in [0, 0.05) is 6.07 Å². The minimum atomic E-state index is -1.18. The number of aliphatic carboxylic acids is 1. The fourth-order valence-corrected chi connectivity index (χ4v) is 1.30. The van der Waals surface area contributed by atoms with Gasteiger partial charge in [-0.1, -0.05) is 11.6 Å². The Morgan fingerprint density at radius 3 is 2.67 bits per heavy atom. The van der Waals surface area contributed by atoms with E-state index in [4.69, 9.17) is 26.2 Å². The molecule has 0 bridgehead atoms. The Kier molecular flexibility index (Phi) is 4.97. The highest BCUT2D eigenvalue weighted by Gasteiger charge is 2.21. The van der Waals surface area contributed by atoms with Gasteiger partial charge in [0.05, 0.1) is 12.1 Å². The van der Waals surface area contributed by atoms with Crippen LogP contribution < -0.4 is 9.47 Å². The molecule has 5 nitrogen and oxygen atoms in total. The number of methoxy groups -OCH3 is 1. The lowest BCUT2D eigenvalue weighted by Gasteiger charge is -2.10. The summed E-state index contributed by atoms with van der Waals surface area (Å²) in [5, 5.41) is 8.99. The molecule has 0 aliphatic carbocycles. The first-order valence-electron chi connectivity index (χ1n) is 5.17. The third kappa shape index (κ3) is 3.63. The molecule has 0 amide bonds. The number of ketones is 1. The molecule has 0 heterocycles. The Morgan fingerprint density at radius 1 is 1.44 bits per heavy atom.